The Morgan fingerprint density at radius 3 is 2.53 bits per heavy atom. The number of hydrogen-bond acceptors (Lipinski definition) is 4. The first kappa shape index (κ1) is 11.8. The summed E-state index contributed by atoms with van der Waals surface area (Å²) in [5.74, 6) is 0.922. The van der Waals surface area contributed by atoms with E-state index in [0.717, 1.165) is 6.42 Å². The highest BCUT2D eigenvalue weighted by molar-refractivity contribution is 5.21. The quantitative estimate of drug-likeness (QED) is 0.878. The van der Waals surface area contributed by atoms with Crippen LogP contribution < -0.4 is 0 Å². The number of aliphatic hydroxyl groups excluding tert-OH is 1. The van der Waals surface area contributed by atoms with Crippen LogP contribution in [-0.2, 0) is 12.8 Å². The average molecular weight is 232 g/mol. The summed E-state index contributed by atoms with van der Waals surface area (Å²) >= 11 is 0. The van der Waals surface area contributed by atoms with Crippen LogP contribution in [0.25, 0.3) is 0 Å². The molecular formula is C13H16N2O2. The summed E-state index contributed by atoms with van der Waals surface area (Å²) in [7, 11) is 0. The number of aromatic nitrogens is 2. The van der Waals surface area contributed by atoms with Gasteiger partial charge in [-0.3, -0.25) is 0 Å². The first-order valence-corrected chi connectivity index (χ1v) is 5.71. The Morgan fingerprint density at radius 1 is 1.24 bits per heavy atom. The molecule has 0 saturated heterocycles. The summed E-state index contributed by atoms with van der Waals surface area (Å²) < 4.78 is 5.05. The fourth-order valence-corrected chi connectivity index (χ4v) is 1.55. The highest BCUT2D eigenvalue weighted by atomic mass is 16.5. The fourth-order valence-electron chi connectivity index (χ4n) is 1.55. The molecule has 0 aliphatic carbocycles. The molecule has 4 nitrogen and oxygen atoms in total. The molecule has 1 unspecified atom stereocenters. The molecule has 1 heterocycles. The van der Waals surface area contributed by atoms with Crippen molar-refractivity contribution in [1.29, 1.82) is 0 Å². The van der Waals surface area contributed by atoms with E-state index in [1.54, 1.807) is 6.92 Å². The zero-order valence-corrected chi connectivity index (χ0v) is 10.1. The molecule has 0 bridgehead atoms. The Bertz CT molecular complexity index is 474. The Kier molecular flexibility index (Phi) is 3.54. The normalized spacial score (nSPS) is 12.6. The second-order valence-corrected chi connectivity index (χ2v) is 4.21. The maximum absolute atomic E-state index is 9.27. The minimum absolute atomic E-state index is 0.351. The fraction of sp³-hybridized carbons (Fsp3) is 0.385. The molecule has 1 aromatic carbocycles. The van der Waals surface area contributed by atoms with Gasteiger partial charge in [0.05, 0.1) is 0 Å². The minimum atomic E-state index is -0.674. The zero-order valence-electron chi connectivity index (χ0n) is 10.1. The molecule has 0 aliphatic rings. The van der Waals surface area contributed by atoms with E-state index < -0.39 is 6.10 Å². The van der Waals surface area contributed by atoms with Gasteiger partial charge in [0.15, 0.2) is 5.82 Å². The number of rotatable bonds is 4. The van der Waals surface area contributed by atoms with Crippen molar-refractivity contribution in [2.24, 2.45) is 0 Å². The lowest BCUT2D eigenvalue weighted by Gasteiger charge is -1.98. The summed E-state index contributed by atoms with van der Waals surface area (Å²) in [6.07, 6.45) is 0.886. The molecule has 1 aromatic heterocycles. The number of aliphatic hydroxyl groups is 1. The van der Waals surface area contributed by atoms with Crippen LogP contribution in [0.15, 0.2) is 28.8 Å². The standard InChI is InChI=1S/C13H16N2O2/c1-9-3-5-11(6-4-9)7-8-12-14-13(10(2)16)15-17-12/h3-6,10,16H,7-8H2,1-2H3. The van der Waals surface area contributed by atoms with Crippen molar-refractivity contribution in [3.63, 3.8) is 0 Å². The summed E-state index contributed by atoms with van der Waals surface area (Å²) in [4.78, 5) is 4.11. The molecular weight excluding hydrogens is 216 g/mol. The van der Waals surface area contributed by atoms with Crippen molar-refractivity contribution in [1.82, 2.24) is 10.1 Å². The molecule has 17 heavy (non-hydrogen) atoms. The van der Waals surface area contributed by atoms with Gasteiger partial charge in [-0.1, -0.05) is 35.0 Å². The van der Waals surface area contributed by atoms with Gasteiger partial charge in [-0.05, 0) is 25.8 Å². The molecule has 0 spiro atoms. The van der Waals surface area contributed by atoms with E-state index in [4.69, 9.17) is 4.52 Å². The molecule has 4 heteroatoms. The number of nitrogens with zero attached hydrogens (tertiary/aromatic N) is 2. The third-order valence-electron chi connectivity index (χ3n) is 2.61. The third kappa shape index (κ3) is 3.14. The van der Waals surface area contributed by atoms with Crippen LogP contribution in [0.5, 0.6) is 0 Å². The Balaban J connectivity index is 1.95. The topological polar surface area (TPSA) is 59.2 Å². The minimum Gasteiger partial charge on any atom is -0.385 e. The van der Waals surface area contributed by atoms with E-state index in [1.807, 2.05) is 0 Å². The maximum atomic E-state index is 9.27. The van der Waals surface area contributed by atoms with Crippen molar-refractivity contribution in [2.75, 3.05) is 0 Å². The molecule has 0 amide bonds. The van der Waals surface area contributed by atoms with Crippen LogP contribution in [0.3, 0.4) is 0 Å². The van der Waals surface area contributed by atoms with Crippen molar-refractivity contribution < 1.29 is 9.63 Å². The van der Waals surface area contributed by atoms with Gasteiger partial charge in [0.2, 0.25) is 5.89 Å². The molecule has 0 fully saturated rings. The van der Waals surface area contributed by atoms with Gasteiger partial charge < -0.3 is 9.63 Å². The molecule has 0 radical (unpaired) electrons. The lowest BCUT2D eigenvalue weighted by atomic mass is 10.1. The predicted molar refractivity (Wildman–Crippen MR) is 63.5 cm³/mol. The van der Waals surface area contributed by atoms with Crippen LogP contribution in [0, 0.1) is 6.92 Å². The second kappa shape index (κ2) is 5.10. The van der Waals surface area contributed by atoms with Gasteiger partial charge in [0.25, 0.3) is 0 Å². The van der Waals surface area contributed by atoms with Gasteiger partial charge in [-0.2, -0.15) is 4.98 Å². The van der Waals surface area contributed by atoms with Crippen molar-refractivity contribution in [3.05, 3.63) is 47.1 Å². The molecule has 0 aliphatic heterocycles. The van der Waals surface area contributed by atoms with Gasteiger partial charge in [-0.25, -0.2) is 0 Å². The summed E-state index contributed by atoms with van der Waals surface area (Å²) in [5.41, 5.74) is 2.50. The summed E-state index contributed by atoms with van der Waals surface area (Å²) in [6.45, 7) is 3.69. The maximum Gasteiger partial charge on any atom is 0.227 e. The van der Waals surface area contributed by atoms with Gasteiger partial charge in [-0.15, -0.1) is 0 Å². The molecule has 0 saturated carbocycles. The monoisotopic (exact) mass is 232 g/mol. The molecule has 2 aromatic rings. The van der Waals surface area contributed by atoms with E-state index in [-0.39, 0.29) is 0 Å². The SMILES string of the molecule is Cc1ccc(CCc2nc(C(C)O)no2)cc1. The zero-order chi connectivity index (χ0) is 12.3. The average Bonchev–Trinajstić information content (AvgIpc) is 2.77. The molecule has 90 valence electrons. The molecule has 2 rings (SSSR count). The smallest absolute Gasteiger partial charge is 0.227 e. The number of hydrogen-bond donors (Lipinski definition) is 1. The van der Waals surface area contributed by atoms with Gasteiger partial charge >= 0.3 is 0 Å². The lowest BCUT2D eigenvalue weighted by Crippen LogP contribution is -1.95. The first-order valence-electron chi connectivity index (χ1n) is 5.71. The van der Waals surface area contributed by atoms with E-state index in [1.165, 1.54) is 11.1 Å². The Labute approximate surface area is 100 Å². The summed E-state index contributed by atoms with van der Waals surface area (Å²) in [6, 6.07) is 8.37. The highest BCUT2D eigenvalue weighted by Gasteiger charge is 2.10. The van der Waals surface area contributed by atoms with Gasteiger partial charge in [0, 0.05) is 6.42 Å². The van der Waals surface area contributed by atoms with E-state index in [0.29, 0.717) is 18.1 Å². The number of benzene rings is 1. The Morgan fingerprint density at radius 2 is 1.94 bits per heavy atom. The summed E-state index contributed by atoms with van der Waals surface area (Å²) in [5, 5.41) is 13.0. The van der Waals surface area contributed by atoms with Crippen LogP contribution in [0.2, 0.25) is 0 Å². The second-order valence-electron chi connectivity index (χ2n) is 4.21. The van der Waals surface area contributed by atoms with E-state index in [2.05, 4.69) is 41.3 Å². The largest absolute Gasteiger partial charge is 0.385 e. The molecule has 1 N–H and O–H groups in total. The first-order chi connectivity index (χ1) is 8.15. The predicted octanol–water partition coefficient (Wildman–Crippen LogP) is 2.22. The van der Waals surface area contributed by atoms with Crippen molar-refractivity contribution in [3.8, 4) is 0 Å². The third-order valence-corrected chi connectivity index (χ3v) is 2.61. The van der Waals surface area contributed by atoms with Crippen molar-refractivity contribution >= 4 is 0 Å². The van der Waals surface area contributed by atoms with Crippen LogP contribution in [0.4, 0.5) is 0 Å². The number of aryl methyl sites for hydroxylation is 3. The van der Waals surface area contributed by atoms with E-state index >= 15 is 0 Å². The van der Waals surface area contributed by atoms with Crippen LogP contribution >= 0.6 is 0 Å². The van der Waals surface area contributed by atoms with Gasteiger partial charge in [0.1, 0.15) is 6.10 Å². The van der Waals surface area contributed by atoms with Crippen molar-refractivity contribution in [2.45, 2.75) is 32.8 Å². The molecule has 1 atom stereocenters. The van der Waals surface area contributed by atoms with Crippen LogP contribution in [-0.4, -0.2) is 15.2 Å². The van der Waals surface area contributed by atoms with E-state index in [9.17, 15) is 5.11 Å². The Hall–Kier alpha value is -1.68. The lowest BCUT2D eigenvalue weighted by molar-refractivity contribution is 0.184. The van der Waals surface area contributed by atoms with Crippen LogP contribution in [0.1, 0.15) is 35.9 Å². The highest BCUT2D eigenvalue weighted by Crippen LogP contribution is 2.10.